The lowest BCUT2D eigenvalue weighted by atomic mass is 10.1. The predicted molar refractivity (Wildman–Crippen MR) is 79.9 cm³/mol. The Balaban J connectivity index is 1.72. The summed E-state index contributed by atoms with van der Waals surface area (Å²) in [5.74, 6) is 0.987. The molecule has 0 saturated carbocycles. The summed E-state index contributed by atoms with van der Waals surface area (Å²) in [7, 11) is 0. The van der Waals surface area contributed by atoms with Crippen LogP contribution in [0.4, 0.5) is 0 Å². The number of fused-ring (bicyclic) bond motifs is 1. The van der Waals surface area contributed by atoms with Gasteiger partial charge in [0.05, 0.1) is 10.0 Å². The molecule has 3 rings (SSSR count). The SMILES string of the molecule is O=C1CCc2cc(OCc3ccc(Cl)c(Cl)c3)ccc21. The van der Waals surface area contributed by atoms with Crippen molar-refractivity contribution in [2.24, 2.45) is 0 Å². The summed E-state index contributed by atoms with van der Waals surface area (Å²) in [5, 5.41) is 1.05. The minimum Gasteiger partial charge on any atom is -0.489 e. The first-order valence-electron chi connectivity index (χ1n) is 6.36. The second-order valence-electron chi connectivity index (χ2n) is 4.78. The molecule has 0 saturated heterocycles. The van der Waals surface area contributed by atoms with Gasteiger partial charge < -0.3 is 4.74 Å². The molecule has 2 aromatic carbocycles. The number of carbonyl (C=O) groups excluding carboxylic acids is 1. The minimum absolute atomic E-state index is 0.219. The van der Waals surface area contributed by atoms with Crippen LogP contribution in [-0.2, 0) is 13.0 Å². The lowest BCUT2D eigenvalue weighted by Gasteiger charge is -2.08. The Kier molecular flexibility index (Phi) is 3.68. The third-order valence-electron chi connectivity index (χ3n) is 3.39. The highest BCUT2D eigenvalue weighted by molar-refractivity contribution is 6.42. The third-order valence-corrected chi connectivity index (χ3v) is 4.13. The van der Waals surface area contributed by atoms with Gasteiger partial charge in [0.2, 0.25) is 0 Å². The molecule has 0 bridgehead atoms. The van der Waals surface area contributed by atoms with E-state index in [1.54, 1.807) is 12.1 Å². The Morgan fingerprint density at radius 1 is 1.00 bits per heavy atom. The maximum atomic E-state index is 11.6. The van der Waals surface area contributed by atoms with Gasteiger partial charge >= 0.3 is 0 Å². The largest absolute Gasteiger partial charge is 0.489 e. The van der Waals surface area contributed by atoms with Crippen LogP contribution in [0.5, 0.6) is 5.75 Å². The van der Waals surface area contributed by atoms with E-state index >= 15 is 0 Å². The summed E-state index contributed by atoms with van der Waals surface area (Å²) in [6, 6.07) is 11.0. The zero-order chi connectivity index (χ0) is 14.1. The van der Waals surface area contributed by atoms with Gasteiger partial charge in [-0.2, -0.15) is 0 Å². The van der Waals surface area contributed by atoms with Crippen LogP contribution in [0.25, 0.3) is 0 Å². The van der Waals surface area contributed by atoms with Crippen molar-refractivity contribution >= 4 is 29.0 Å². The number of hydrogen-bond acceptors (Lipinski definition) is 2. The van der Waals surface area contributed by atoms with Crippen LogP contribution < -0.4 is 4.74 Å². The van der Waals surface area contributed by atoms with Crippen LogP contribution in [0, 0.1) is 0 Å². The Morgan fingerprint density at radius 2 is 1.85 bits per heavy atom. The van der Waals surface area contributed by atoms with E-state index in [0.29, 0.717) is 23.1 Å². The predicted octanol–water partition coefficient (Wildman–Crippen LogP) is 4.70. The van der Waals surface area contributed by atoms with Crippen molar-refractivity contribution in [1.82, 2.24) is 0 Å². The fraction of sp³-hybridized carbons (Fsp3) is 0.188. The van der Waals surface area contributed by atoms with Crippen LogP contribution >= 0.6 is 23.2 Å². The molecule has 0 unspecified atom stereocenters. The fourth-order valence-corrected chi connectivity index (χ4v) is 2.64. The molecule has 0 heterocycles. The summed E-state index contributed by atoms with van der Waals surface area (Å²) in [6.45, 7) is 0.420. The number of rotatable bonds is 3. The van der Waals surface area contributed by atoms with Crippen molar-refractivity contribution < 1.29 is 9.53 Å². The molecular formula is C16H12Cl2O2. The molecule has 0 aliphatic heterocycles. The van der Waals surface area contributed by atoms with Gasteiger partial charge in [0, 0.05) is 12.0 Å². The van der Waals surface area contributed by atoms with E-state index in [0.717, 1.165) is 28.9 Å². The minimum atomic E-state index is 0.219. The zero-order valence-electron chi connectivity index (χ0n) is 10.7. The van der Waals surface area contributed by atoms with Crippen molar-refractivity contribution in [1.29, 1.82) is 0 Å². The van der Waals surface area contributed by atoms with Crippen molar-refractivity contribution in [3.63, 3.8) is 0 Å². The van der Waals surface area contributed by atoms with Gasteiger partial charge in [-0.05, 0) is 47.9 Å². The molecule has 0 amide bonds. The number of halogens is 2. The van der Waals surface area contributed by atoms with E-state index in [-0.39, 0.29) is 5.78 Å². The van der Waals surface area contributed by atoms with Crippen molar-refractivity contribution in [3.05, 3.63) is 63.1 Å². The van der Waals surface area contributed by atoms with E-state index in [1.165, 1.54) is 0 Å². The van der Waals surface area contributed by atoms with Crippen LogP contribution in [0.2, 0.25) is 10.0 Å². The average Bonchev–Trinajstić information content (AvgIpc) is 2.81. The smallest absolute Gasteiger partial charge is 0.163 e. The lowest BCUT2D eigenvalue weighted by molar-refractivity contribution is 0.0994. The van der Waals surface area contributed by atoms with Gasteiger partial charge in [0.15, 0.2) is 5.78 Å². The summed E-state index contributed by atoms with van der Waals surface area (Å²) in [4.78, 5) is 11.6. The molecule has 0 spiro atoms. The molecule has 1 aliphatic rings. The van der Waals surface area contributed by atoms with Crippen molar-refractivity contribution in [2.75, 3.05) is 0 Å². The first-order valence-corrected chi connectivity index (χ1v) is 7.12. The molecular weight excluding hydrogens is 295 g/mol. The van der Waals surface area contributed by atoms with Crippen LogP contribution in [0.1, 0.15) is 27.9 Å². The zero-order valence-corrected chi connectivity index (χ0v) is 12.2. The molecule has 0 N–H and O–H groups in total. The van der Waals surface area contributed by atoms with Crippen LogP contribution in [0.3, 0.4) is 0 Å². The second-order valence-corrected chi connectivity index (χ2v) is 5.59. The molecule has 2 nitrogen and oxygen atoms in total. The third kappa shape index (κ3) is 2.67. The summed E-state index contributed by atoms with van der Waals surface area (Å²) < 4.78 is 5.73. The van der Waals surface area contributed by atoms with Crippen molar-refractivity contribution in [2.45, 2.75) is 19.4 Å². The molecule has 0 radical (unpaired) electrons. The molecule has 102 valence electrons. The van der Waals surface area contributed by atoms with Gasteiger partial charge in [0.25, 0.3) is 0 Å². The molecule has 2 aromatic rings. The normalized spacial score (nSPS) is 13.4. The van der Waals surface area contributed by atoms with E-state index < -0.39 is 0 Å². The first kappa shape index (κ1) is 13.5. The topological polar surface area (TPSA) is 26.3 Å². The van der Waals surface area contributed by atoms with Gasteiger partial charge in [-0.3, -0.25) is 4.79 Å². The van der Waals surface area contributed by atoms with Gasteiger partial charge in [-0.15, -0.1) is 0 Å². The second kappa shape index (κ2) is 5.47. The van der Waals surface area contributed by atoms with E-state index in [1.807, 2.05) is 24.3 Å². The number of ketones is 1. The molecule has 4 heteroatoms. The average molecular weight is 307 g/mol. The number of aryl methyl sites for hydroxylation is 1. The Morgan fingerprint density at radius 3 is 2.65 bits per heavy atom. The lowest BCUT2D eigenvalue weighted by Crippen LogP contribution is -1.97. The molecule has 0 atom stereocenters. The number of benzene rings is 2. The van der Waals surface area contributed by atoms with Gasteiger partial charge in [0.1, 0.15) is 12.4 Å². The van der Waals surface area contributed by atoms with E-state index in [9.17, 15) is 4.79 Å². The monoisotopic (exact) mass is 306 g/mol. The Bertz CT molecular complexity index is 680. The Labute approximate surface area is 127 Å². The van der Waals surface area contributed by atoms with Crippen molar-refractivity contribution in [3.8, 4) is 5.75 Å². The summed E-state index contributed by atoms with van der Waals surface area (Å²) >= 11 is 11.8. The molecule has 1 aliphatic carbocycles. The Hall–Kier alpha value is -1.51. The highest BCUT2D eigenvalue weighted by atomic mass is 35.5. The number of ether oxygens (including phenoxy) is 1. The molecule has 20 heavy (non-hydrogen) atoms. The fourth-order valence-electron chi connectivity index (χ4n) is 2.32. The number of Topliss-reactive ketones (excluding diaryl/α,β-unsaturated/α-hetero) is 1. The maximum Gasteiger partial charge on any atom is 0.163 e. The standard InChI is InChI=1S/C16H12Cl2O2/c17-14-5-1-10(7-15(14)18)9-20-12-3-4-13-11(8-12)2-6-16(13)19/h1,3-5,7-8H,2,6,9H2. The first-order chi connectivity index (χ1) is 9.63. The van der Waals surface area contributed by atoms with Crippen LogP contribution in [-0.4, -0.2) is 5.78 Å². The van der Waals surface area contributed by atoms with Gasteiger partial charge in [-0.1, -0.05) is 29.3 Å². The number of carbonyl (C=O) groups is 1. The van der Waals surface area contributed by atoms with E-state index in [4.69, 9.17) is 27.9 Å². The number of hydrogen-bond donors (Lipinski definition) is 0. The molecule has 0 aromatic heterocycles. The quantitative estimate of drug-likeness (QED) is 0.821. The summed E-state index contributed by atoms with van der Waals surface area (Å²) in [6.07, 6.45) is 1.41. The highest BCUT2D eigenvalue weighted by Crippen LogP contribution is 2.27. The van der Waals surface area contributed by atoms with Crippen LogP contribution in [0.15, 0.2) is 36.4 Å². The molecule has 0 fully saturated rings. The summed E-state index contributed by atoms with van der Waals surface area (Å²) in [5.41, 5.74) is 2.85. The van der Waals surface area contributed by atoms with E-state index in [2.05, 4.69) is 0 Å². The highest BCUT2D eigenvalue weighted by Gasteiger charge is 2.19. The maximum absolute atomic E-state index is 11.6. The van der Waals surface area contributed by atoms with Gasteiger partial charge in [-0.25, -0.2) is 0 Å².